The number of aliphatic hydroxyl groups excluding tert-OH is 1. The van der Waals surface area contributed by atoms with E-state index < -0.39 is 0 Å². The van der Waals surface area contributed by atoms with Gasteiger partial charge in [0.05, 0.1) is 13.7 Å². The van der Waals surface area contributed by atoms with Crippen molar-refractivity contribution < 1.29 is 9.84 Å². The van der Waals surface area contributed by atoms with Crippen LogP contribution in [-0.2, 0) is 6.54 Å². The SMILES string of the molecule is COc1ccc(CNC(CO)C23CC4CC(CC(C4)C2)C3)cc1. The average Bonchev–Trinajstić information content (AvgIpc) is 2.54. The number of ether oxygens (including phenoxy) is 1. The van der Waals surface area contributed by atoms with Gasteiger partial charge in [-0.2, -0.15) is 0 Å². The first-order valence-corrected chi connectivity index (χ1v) is 9.18. The van der Waals surface area contributed by atoms with Gasteiger partial charge >= 0.3 is 0 Å². The molecule has 1 aromatic rings. The summed E-state index contributed by atoms with van der Waals surface area (Å²) in [4.78, 5) is 0. The van der Waals surface area contributed by atoms with Gasteiger partial charge in [-0.05, 0) is 79.4 Å². The molecule has 4 aliphatic carbocycles. The van der Waals surface area contributed by atoms with Crippen LogP contribution >= 0.6 is 0 Å². The lowest BCUT2D eigenvalue weighted by Gasteiger charge is -2.59. The quantitative estimate of drug-likeness (QED) is 0.846. The Labute approximate surface area is 139 Å². The normalized spacial score (nSPS) is 36.2. The van der Waals surface area contributed by atoms with Gasteiger partial charge in [0, 0.05) is 12.6 Å². The number of rotatable bonds is 6. The molecule has 4 fully saturated rings. The van der Waals surface area contributed by atoms with Gasteiger partial charge in [-0.1, -0.05) is 12.1 Å². The lowest BCUT2D eigenvalue weighted by Crippen LogP contribution is -2.57. The maximum atomic E-state index is 10.1. The monoisotopic (exact) mass is 315 g/mol. The van der Waals surface area contributed by atoms with Gasteiger partial charge in [0.2, 0.25) is 0 Å². The van der Waals surface area contributed by atoms with E-state index in [1.807, 2.05) is 12.1 Å². The molecular formula is C20H29NO2. The van der Waals surface area contributed by atoms with Gasteiger partial charge in [0.15, 0.2) is 0 Å². The van der Waals surface area contributed by atoms with E-state index >= 15 is 0 Å². The Hall–Kier alpha value is -1.06. The second-order valence-electron chi connectivity index (χ2n) is 8.24. The van der Waals surface area contributed by atoms with E-state index in [4.69, 9.17) is 4.74 Å². The molecule has 1 unspecified atom stereocenters. The molecule has 1 aromatic carbocycles. The van der Waals surface area contributed by atoms with Gasteiger partial charge in [-0.25, -0.2) is 0 Å². The molecule has 0 saturated heterocycles. The lowest BCUT2D eigenvalue weighted by molar-refractivity contribution is -0.0828. The van der Waals surface area contributed by atoms with Crippen LogP contribution in [0.4, 0.5) is 0 Å². The van der Waals surface area contributed by atoms with Crippen molar-refractivity contribution in [3.63, 3.8) is 0 Å². The third-order valence-corrected chi connectivity index (χ3v) is 6.72. The fraction of sp³-hybridized carbons (Fsp3) is 0.700. The van der Waals surface area contributed by atoms with E-state index in [-0.39, 0.29) is 12.6 Å². The van der Waals surface area contributed by atoms with Crippen LogP contribution in [-0.4, -0.2) is 24.9 Å². The van der Waals surface area contributed by atoms with Crippen LogP contribution in [0, 0.1) is 23.2 Å². The van der Waals surface area contributed by atoms with Crippen molar-refractivity contribution in [1.82, 2.24) is 5.32 Å². The molecule has 0 heterocycles. The fourth-order valence-corrected chi connectivity index (χ4v) is 6.06. The molecule has 0 spiro atoms. The Balaban J connectivity index is 1.44. The second kappa shape index (κ2) is 6.10. The second-order valence-corrected chi connectivity index (χ2v) is 8.24. The molecular weight excluding hydrogens is 286 g/mol. The van der Waals surface area contributed by atoms with E-state index in [1.165, 1.54) is 44.1 Å². The molecule has 4 bridgehead atoms. The fourth-order valence-electron chi connectivity index (χ4n) is 6.06. The zero-order chi connectivity index (χ0) is 15.9. The van der Waals surface area contributed by atoms with Crippen molar-refractivity contribution in [2.24, 2.45) is 23.2 Å². The van der Waals surface area contributed by atoms with E-state index in [9.17, 15) is 5.11 Å². The predicted molar refractivity (Wildman–Crippen MR) is 91.3 cm³/mol. The highest BCUT2D eigenvalue weighted by Crippen LogP contribution is 2.61. The van der Waals surface area contributed by atoms with Gasteiger partial charge in [-0.3, -0.25) is 0 Å². The van der Waals surface area contributed by atoms with E-state index in [2.05, 4.69) is 17.4 Å². The van der Waals surface area contributed by atoms with Crippen LogP contribution in [0.1, 0.15) is 44.1 Å². The van der Waals surface area contributed by atoms with Crippen LogP contribution in [0.15, 0.2) is 24.3 Å². The highest BCUT2D eigenvalue weighted by Gasteiger charge is 2.53. The highest BCUT2D eigenvalue weighted by atomic mass is 16.5. The van der Waals surface area contributed by atoms with Crippen LogP contribution < -0.4 is 10.1 Å². The molecule has 2 N–H and O–H groups in total. The van der Waals surface area contributed by atoms with Crippen LogP contribution in [0.2, 0.25) is 0 Å². The molecule has 0 radical (unpaired) electrons. The molecule has 0 aliphatic heterocycles. The summed E-state index contributed by atoms with van der Waals surface area (Å²) < 4.78 is 5.22. The third-order valence-electron chi connectivity index (χ3n) is 6.72. The Kier molecular flexibility index (Phi) is 4.10. The molecule has 5 rings (SSSR count). The topological polar surface area (TPSA) is 41.5 Å². The zero-order valence-electron chi connectivity index (χ0n) is 14.1. The maximum Gasteiger partial charge on any atom is 0.118 e. The molecule has 4 saturated carbocycles. The first kappa shape index (κ1) is 15.5. The van der Waals surface area contributed by atoms with Crippen LogP contribution in [0.5, 0.6) is 5.75 Å². The minimum absolute atomic E-state index is 0.248. The molecule has 23 heavy (non-hydrogen) atoms. The van der Waals surface area contributed by atoms with Crippen molar-refractivity contribution in [1.29, 1.82) is 0 Å². The maximum absolute atomic E-state index is 10.1. The number of nitrogens with one attached hydrogen (secondary N) is 1. The van der Waals surface area contributed by atoms with Crippen molar-refractivity contribution in [2.75, 3.05) is 13.7 Å². The molecule has 126 valence electrons. The summed E-state index contributed by atoms with van der Waals surface area (Å²) in [7, 11) is 1.70. The molecule has 3 heteroatoms. The number of benzene rings is 1. The average molecular weight is 315 g/mol. The Bertz CT molecular complexity index is 504. The van der Waals surface area contributed by atoms with Crippen molar-refractivity contribution >= 4 is 0 Å². The molecule has 1 atom stereocenters. The molecule has 4 aliphatic rings. The lowest BCUT2D eigenvalue weighted by atomic mass is 9.47. The van der Waals surface area contributed by atoms with Crippen molar-refractivity contribution in [2.45, 2.75) is 51.1 Å². The van der Waals surface area contributed by atoms with E-state index in [0.717, 1.165) is 30.0 Å². The zero-order valence-corrected chi connectivity index (χ0v) is 14.1. The Morgan fingerprint density at radius 1 is 1.09 bits per heavy atom. The third kappa shape index (κ3) is 2.89. The Morgan fingerprint density at radius 3 is 2.13 bits per heavy atom. The van der Waals surface area contributed by atoms with Gasteiger partial charge in [0.1, 0.15) is 5.75 Å². The number of hydrogen-bond donors (Lipinski definition) is 2. The summed E-state index contributed by atoms with van der Waals surface area (Å²) in [6.07, 6.45) is 8.36. The minimum atomic E-state index is 0.248. The smallest absolute Gasteiger partial charge is 0.118 e. The first-order valence-electron chi connectivity index (χ1n) is 9.18. The first-order chi connectivity index (χ1) is 11.2. The van der Waals surface area contributed by atoms with Crippen LogP contribution in [0.25, 0.3) is 0 Å². The molecule has 0 aromatic heterocycles. The van der Waals surface area contributed by atoms with Crippen molar-refractivity contribution in [3.8, 4) is 5.75 Å². The summed E-state index contributed by atoms with van der Waals surface area (Å²) in [5.74, 6) is 3.68. The summed E-state index contributed by atoms with van der Waals surface area (Å²) in [5, 5.41) is 13.8. The van der Waals surface area contributed by atoms with Gasteiger partial charge < -0.3 is 15.2 Å². The van der Waals surface area contributed by atoms with Crippen LogP contribution in [0.3, 0.4) is 0 Å². The predicted octanol–water partition coefficient (Wildman–Crippen LogP) is 3.36. The minimum Gasteiger partial charge on any atom is -0.497 e. The largest absolute Gasteiger partial charge is 0.497 e. The van der Waals surface area contributed by atoms with E-state index in [1.54, 1.807) is 7.11 Å². The van der Waals surface area contributed by atoms with Gasteiger partial charge in [0.25, 0.3) is 0 Å². The number of hydrogen-bond acceptors (Lipinski definition) is 3. The summed E-state index contributed by atoms with van der Waals surface area (Å²) in [6.45, 7) is 1.10. The summed E-state index contributed by atoms with van der Waals surface area (Å²) in [5.41, 5.74) is 1.62. The van der Waals surface area contributed by atoms with E-state index in [0.29, 0.717) is 5.41 Å². The number of methoxy groups -OCH3 is 1. The standard InChI is InChI=1S/C20H29NO2/c1-23-18-4-2-14(3-5-18)12-21-19(13-22)20-9-15-6-16(10-20)8-17(7-15)11-20/h2-5,15-17,19,21-22H,6-13H2,1H3. The number of aliphatic hydroxyl groups is 1. The summed E-state index contributed by atoms with van der Waals surface area (Å²) in [6, 6.07) is 8.49. The highest BCUT2D eigenvalue weighted by molar-refractivity contribution is 5.27. The Morgan fingerprint density at radius 2 is 1.65 bits per heavy atom. The van der Waals surface area contributed by atoms with Gasteiger partial charge in [-0.15, -0.1) is 0 Å². The molecule has 3 nitrogen and oxygen atoms in total. The van der Waals surface area contributed by atoms with Crippen molar-refractivity contribution in [3.05, 3.63) is 29.8 Å². The summed E-state index contributed by atoms with van der Waals surface area (Å²) >= 11 is 0. The molecule has 0 amide bonds.